The minimum atomic E-state index is -5.21. The number of esters is 3. The Hall–Kier alpha value is -8.81. The maximum absolute atomic E-state index is 17.7. The summed E-state index contributed by atoms with van der Waals surface area (Å²) >= 11 is 0. The minimum Gasteiger partial charge on any atom is -0.457 e. The molecular formula is C64H48BF11N2O6. The first kappa shape index (κ1) is 57.0. The number of alkyl halides is 9. The maximum Gasteiger partial charge on any atom is 0.737 e. The van der Waals surface area contributed by atoms with Crippen LogP contribution >= 0.6 is 0 Å². The molecule has 0 saturated carbocycles. The quantitative estimate of drug-likeness (QED) is 0.0302. The van der Waals surface area contributed by atoms with Gasteiger partial charge in [-0.15, -0.1) is 0 Å². The number of ether oxygens (including phenoxy) is 3. The van der Waals surface area contributed by atoms with Gasteiger partial charge in [0.15, 0.2) is 5.70 Å². The molecule has 0 fully saturated rings. The number of carbonyl (C=O) groups is 3. The molecule has 8 nitrogen and oxygen atoms in total. The van der Waals surface area contributed by atoms with Gasteiger partial charge in [-0.2, -0.15) is 39.5 Å². The summed E-state index contributed by atoms with van der Waals surface area (Å²) in [6.07, 6.45) is -16.0. The lowest BCUT2D eigenvalue weighted by Gasteiger charge is -2.34. The number of aromatic nitrogens is 1. The van der Waals surface area contributed by atoms with Gasteiger partial charge < -0.3 is 31.8 Å². The van der Waals surface area contributed by atoms with E-state index < -0.39 is 70.9 Å². The Morgan fingerprint density at radius 1 is 0.571 bits per heavy atom. The third kappa shape index (κ3) is 9.42. The standard InChI is InChI=1S/C64H48BF11N2O6/c1-32-28-41(84-49(79)19-13-18-40-20-21-42-44-23-26-47(63(69,70)71)56-48(64(72,73)74)27-24-45(55(44)56)43-22-25-46(62(66,67)68)53(40)54(42)43)29-33(2)50(32)57-58-34(3)51(60(80)82-30-38-14-9-7-10-15-38)36(5)77(58)65(75,76)78-37(6)52(35(4)59(57)78)61(81)83-31-39-16-11-8-12-17-39/h7-12,14-17,20-29H,13,18-19,30-31H2,1-6H3. The molecule has 3 heterocycles. The Balaban J connectivity index is 0.941. The number of fused-ring (bicyclic) bond motifs is 4. The Morgan fingerprint density at radius 3 is 1.54 bits per heavy atom. The van der Waals surface area contributed by atoms with Gasteiger partial charge in [-0.05, 0) is 160 Å². The summed E-state index contributed by atoms with van der Waals surface area (Å²) < 4.78 is 186. The van der Waals surface area contributed by atoms with Crippen LogP contribution in [0.15, 0.2) is 138 Å². The van der Waals surface area contributed by atoms with Crippen LogP contribution in [0, 0.1) is 27.7 Å². The Kier molecular flexibility index (Phi) is 13.9. The Labute approximate surface area is 472 Å². The van der Waals surface area contributed by atoms with Crippen molar-refractivity contribution in [3.8, 4) is 5.75 Å². The first-order valence-electron chi connectivity index (χ1n) is 26.6. The largest absolute Gasteiger partial charge is 0.737 e. The van der Waals surface area contributed by atoms with Crippen molar-refractivity contribution in [2.24, 2.45) is 0 Å². The van der Waals surface area contributed by atoms with Gasteiger partial charge in [0.05, 0.1) is 27.8 Å². The molecule has 0 atom stereocenters. The highest BCUT2D eigenvalue weighted by atomic mass is 19.4. The van der Waals surface area contributed by atoms with Gasteiger partial charge in [0.2, 0.25) is 0 Å². The third-order valence-electron chi connectivity index (χ3n) is 16.0. The molecule has 1 aromatic heterocycles. The maximum atomic E-state index is 17.7. The summed E-state index contributed by atoms with van der Waals surface area (Å²) in [5.74, 6) is -2.45. The van der Waals surface area contributed by atoms with E-state index in [-0.39, 0.29) is 127 Å². The number of hydrogen-bond acceptors (Lipinski definition) is 6. The second kappa shape index (κ2) is 20.5. The summed E-state index contributed by atoms with van der Waals surface area (Å²) in [6.45, 7) is 4.10. The highest BCUT2D eigenvalue weighted by molar-refractivity contribution is 6.59. The van der Waals surface area contributed by atoms with Gasteiger partial charge in [-0.3, -0.25) is 4.79 Å². The Morgan fingerprint density at radius 2 is 1.04 bits per heavy atom. The van der Waals surface area contributed by atoms with Crippen LogP contribution in [0.2, 0.25) is 0 Å². The zero-order chi connectivity index (χ0) is 60.3. The van der Waals surface area contributed by atoms with E-state index in [1.165, 1.54) is 38.1 Å². The summed E-state index contributed by atoms with van der Waals surface area (Å²) in [5, 5.41) is -2.12. The SMILES string of the molecule is CC1=C(C(=O)OCc2ccccc2)C(C)=[N+]2C1=C(c1c(C)cc(OC(=O)CCCc3ccc4c5ccc(C(F)(F)F)c6c(C(F)(F)F)ccc(c7ccc(C(F)(F)F)c3c47)c65)cc1C)c1c(C)c(C(=O)OCc3ccccc3)c(C)n1[B-]2(F)F. The van der Waals surface area contributed by atoms with Crippen LogP contribution in [0.1, 0.15) is 104 Å². The zero-order valence-electron chi connectivity index (χ0n) is 45.7. The molecule has 2 aliphatic rings. The van der Waals surface area contributed by atoms with E-state index in [4.69, 9.17) is 14.2 Å². The zero-order valence-corrected chi connectivity index (χ0v) is 45.7. The summed E-state index contributed by atoms with van der Waals surface area (Å²) in [4.78, 5) is 41.8. The normalized spacial score (nSPS) is 14.6. The van der Waals surface area contributed by atoms with Gasteiger partial charge in [-0.25, -0.2) is 9.59 Å². The highest BCUT2D eigenvalue weighted by Gasteiger charge is 2.58. The Bertz CT molecular complexity index is 4270. The van der Waals surface area contributed by atoms with E-state index in [0.717, 1.165) is 33.2 Å². The fraction of sp³-hybridized carbons (Fsp3) is 0.219. The number of benzene rings is 8. The summed E-state index contributed by atoms with van der Waals surface area (Å²) in [6, 6.07) is 28.1. The second-order valence-corrected chi connectivity index (χ2v) is 21.2. The van der Waals surface area contributed by atoms with Gasteiger partial charge in [-0.1, -0.05) is 91.0 Å². The van der Waals surface area contributed by atoms with Gasteiger partial charge in [0, 0.05) is 30.0 Å². The van der Waals surface area contributed by atoms with Crippen molar-refractivity contribution in [2.75, 3.05) is 0 Å². The van der Waals surface area contributed by atoms with Crippen molar-refractivity contribution < 1.29 is 81.2 Å². The van der Waals surface area contributed by atoms with Crippen molar-refractivity contribution in [1.82, 2.24) is 4.48 Å². The molecule has 0 radical (unpaired) electrons. The molecule has 0 aliphatic carbocycles. The molecule has 0 amide bonds. The lowest BCUT2D eigenvalue weighted by molar-refractivity contribution is -0.363. The van der Waals surface area contributed by atoms with Gasteiger partial charge in [0.1, 0.15) is 30.2 Å². The molecule has 20 heteroatoms. The molecule has 9 aromatic rings. The number of allylic oxidation sites excluding steroid dienone is 1. The molecule has 0 unspecified atom stereocenters. The smallest absolute Gasteiger partial charge is 0.457 e. The third-order valence-corrected chi connectivity index (χ3v) is 16.0. The van der Waals surface area contributed by atoms with Gasteiger partial charge in [0.25, 0.3) is 0 Å². The number of nitrogens with zero attached hydrogens (tertiary/aromatic N) is 2. The van der Waals surface area contributed by atoms with Gasteiger partial charge >= 0.3 is 43.4 Å². The van der Waals surface area contributed by atoms with E-state index in [0.29, 0.717) is 39.9 Å². The summed E-state index contributed by atoms with van der Waals surface area (Å²) in [7, 11) is 0. The predicted molar refractivity (Wildman–Crippen MR) is 296 cm³/mol. The average molecular weight is 1160 g/mol. The molecule has 0 saturated heterocycles. The first-order chi connectivity index (χ1) is 39.6. The topological polar surface area (TPSA) is 86.8 Å². The average Bonchev–Trinajstić information content (AvgIpc) is 1.30. The summed E-state index contributed by atoms with van der Waals surface area (Å²) in [5.41, 5.74) is -1.31. The lowest BCUT2D eigenvalue weighted by Crippen LogP contribution is -2.52. The number of carbonyl (C=O) groups excluding carboxylic acids is 3. The molecule has 0 spiro atoms. The van der Waals surface area contributed by atoms with E-state index in [9.17, 15) is 53.9 Å². The minimum absolute atomic E-state index is 0.00410. The van der Waals surface area contributed by atoms with Crippen LogP contribution in [0.5, 0.6) is 5.75 Å². The van der Waals surface area contributed by atoms with Crippen molar-refractivity contribution in [3.63, 3.8) is 0 Å². The van der Waals surface area contributed by atoms with E-state index in [1.807, 2.05) is 0 Å². The predicted octanol–water partition coefficient (Wildman–Crippen LogP) is 16.7. The van der Waals surface area contributed by atoms with Crippen LogP contribution in [-0.2, 0) is 57.2 Å². The van der Waals surface area contributed by atoms with Crippen LogP contribution < -0.4 is 4.74 Å². The monoisotopic (exact) mass is 1160 g/mol. The molecule has 11 rings (SSSR count). The van der Waals surface area contributed by atoms with Crippen molar-refractivity contribution in [3.05, 3.63) is 211 Å². The molecule has 2 aliphatic heterocycles. The number of rotatable bonds is 12. The molecule has 0 bridgehead atoms. The first-order valence-corrected chi connectivity index (χ1v) is 26.6. The van der Waals surface area contributed by atoms with Crippen molar-refractivity contribution in [2.45, 2.75) is 92.5 Å². The number of hydrogen-bond donors (Lipinski definition) is 0. The highest BCUT2D eigenvalue weighted by Crippen LogP contribution is 2.52. The lowest BCUT2D eigenvalue weighted by atomic mass is 9.81. The van der Waals surface area contributed by atoms with E-state index in [1.54, 1.807) is 88.4 Å². The second-order valence-electron chi connectivity index (χ2n) is 21.2. The fourth-order valence-corrected chi connectivity index (χ4v) is 12.6. The molecule has 84 heavy (non-hydrogen) atoms. The van der Waals surface area contributed by atoms with Crippen LogP contribution in [-0.4, -0.2) is 39.6 Å². The van der Waals surface area contributed by atoms with Crippen LogP contribution in [0.3, 0.4) is 0 Å². The number of halogens is 11. The molecule has 0 N–H and O–H groups in total. The molecule has 430 valence electrons. The molecule has 8 aromatic carbocycles. The van der Waals surface area contributed by atoms with Crippen LogP contribution in [0.4, 0.5) is 48.1 Å². The van der Waals surface area contributed by atoms with Crippen LogP contribution in [0.25, 0.3) is 48.7 Å². The molecular weight excluding hydrogens is 1110 g/mol. The fourth-order valence-electron chi connectivity index (χ4n) is 12.6. The van der Waals surface area contributed by atoms with E-state index in [2.05, 4.69) is 0 Å². The van der Waals surface area contributed by atoms with E-state index >= 15 is 8.63 Å². The van der Waals surface area contributed by atoms with Crippen molar-refractivity contribution >= 4 is 79.3 Å². The van der Waals surface area contributed by atoms with Crippen molar-refractivity contribution in [1.29, 1.82) is 0 Å². The number of aryl methyl sites for hydroxylation is 3.